The number of carbonyl (C=O) groups is 1. The first-order valence-corrected chi connectivity index (χ1v) is 10.1. The lowest BCUT2D eigenvalue weighted by molar-refractivity contribution is -0.138. The van der Waals surface area contributed by atoms with Gasteiger partial charge < -0.3 is 21.1 Å². The summed E-state index contributed by atoms with van der Waals surface area (Å²) in [5.74, 6) is 0.106. The van der Waals surface area contributed by atoms with E-state index in [4.69, 9.17) is 16.2 Å². The molecule has 0 unspecified atom stereocenters. The van der Waals surface area contributed by atoms with Gasteiger partial charge in [-0.05, 0) is 50.0 Å². The Morgan fingerprint density at radius 3 is 2.37 bits per heavy atom. The minimum atomic E-state index is -4.73. The molecule has 0 radical (unpaired) electrons. The molecule has 6 nitrogen and oxygen atoms in total. The second kappa shape index (κ2) is 10.4. The van der Waals surface area contributed by atoms with Gasteiger partial charge in [0.05, 0.1) is 5.56 Å². The molecule has 1 amide bonds. The molecule has 0 spiro atoms. The average molecular weight is 440 g/mol. The summed E-state index contributed by atoms with van der Waals surface area (Å²) in [7, 11) is 4.01. The van der Waals surface area contributed by atoms with E-state index in [-0.39, 0.29) is 11.3 Å². The van der Waals surface area contributed by atoms with Crippen LogP contribution in [0, 0.1) is 0 Å². The van der Waals surface area contributed by atoms with Crippen molar-refractivity contribution >= 4 is 23.6 Å². The van der Waals surface area contributed by atoms with Gasteiger partial charge >= 0.3 is 6.18 Å². The summed E-state index contributed by atoms with van der Waals surface area (Å²) < 4.78 is 45.8. The topological polar surface area (TPSA) is 93.9 Å². The molecule has 162 valence electrons. The van der Waals surface area contributed by atoms with Crippen molar-refractivity contribution in [3.05, 3.63) is 59.2 Å². The van der Waals surface area contributed by atoms with Gasteiger partial charge in [0.1, 0.15) is 11.5 Å². The minimum Gasteiger partial charge on any atom is -0.457 e. The van der Waals surface area contributed by atoms with Gasteiger partial charge in [0.2, 0.25) is 0 Å². The number of benzene rings is 2. The maximum atomic E-state index is 13.5. The van der Waals surface area contributed by atoms with E-state index in [1.807, 2.05) is 26.2 Å². The van der Waals surface area contributed by atoms with Gasteiger partial charge in [0.25, 0.3) is 5.91 Å². The fourth-order valence-electron chi connectivity index (χ4n) is 2.37. The van der Waals surface area contributed by atoms with Crippen LogP contribution in [0.5, 0.6) is 11.5 Å². The smallest absolute Gasteiger partial charge is 0.420 e. The number of nitrogens with two attached hydrogens (primary N) is 2. The first kappa shape index (κ1) is 23.6. The molecule has 2 aromatic rings. The third kappa shape index (κ3) is 7.27. The number of nitrogens with zero attached hydrogens (tertiary/aromatic N) is 2. The zero-order valence-electron chi connectivity index (χ0n) is 16.6. The standard InChI is InChI=1S/C20H23F3N4O2S/c1-27(2)9-10-30-12-13-3-6-15(7-4-13)29-17-8-5-14(18(28)26-19(24)25)11-16(17)20(21,22)23/h3-8,11H,9-10,12H2,1-2H3,(H4,24,25,26,28). The SMILES string of the molecule is CN(C)CCSCc1ccc(Oc2ccc(C(=O)N=C(N)N)cc2C(F)(F)F)cc1. The number of carbonyl (C=O) groups excluding carboxylic acids is 1. The van der Waals surface area contributed by atoms with Crippen LogP contribution in [0.25, 0.3) is 0 Å². The van der Waals surface area contributed by atoms with Crippen molar-refractivity contribution in [2.24, 2.45) is 16.5 Å². The first-order valence-electron chi connectivity index (χ1n) is 8.90. The molecule has 10 heteroatoms. The van der Waals surface area contributed by atoms with Crippen molar-refractivity contribution in [1.29, 1.82) is 0 Å². The number of alkyl halides is 3. The highest BCUT2D eigenvalue weighted by molar-refractivity contribution is 7.98. The van der Waals surface area contributed by atoms with E-state index in [0.717, 1.165) is 29.7 Å². The van der Waals surface area contributed by atoms with Gasteiger partial charge in [0.15, 0.2) is 5.96 Å². The van der Waals surface area contributed by atoms with Crippen molar-refractivity contribution in [3.8, 4) is 11.5 Å². The van der Waals surface area contributed by atoms with Crippen molar-refractivity contribution < 1.29 is 22.7 Å². The molecule has 0 saturated carbocycles. The van der Waals surface area contributed by atoms with E-state index in [2.05, 4.69) is 9.89 Å². The van der Waals surface area contributed by atoms with E-state index >= 15 is 0 Å². The maximum Gasteiger partial charge on any atom is 0.420 e. The molecule has 0 heterocycles. The number of thioether (sulfide) groups is 1. The lowest BCUT2D eigenvalue weighted by Gasteiger charge is -2.15. The maximum absolute atomic E-state index is 13.5. The van der Waals surface area contributed by atoms with Gasteiger partial charge in [0, 0.05) is 23.6 Å². The fourth-order valence-corrected chi connectivity index (χ4v) is 3.44. The Balaban J connectivity index is 2.15. The summed E-state index contributed by atoms with van der Waals surface area (Å²) in [5, 5.41) is 0. The molecule has 0 aromatic heterocycles. The molecular formula is C20H23F3N4O2S. The van der Waals surface area contributed by atoms with Crippen molar-refractivity contribution in [1.82, 2.24) is 4.90 Å². The molecule has 0 bridgehead atoms. The predicted octanol–water partition coefficient (Wildman–Crippen LogP) is 3.71. The first-order chi connectivity index (χ1) is 14.1. The zero-order valence-corrected chi connectivity index (χ0v) is 17.4. The van der Waals surface area contributed by atoms with Crippen LogP contribution in [0.4, 0.5) is 13.2 Å². The van der Waals surface area contributed by atoms with E-state index in [9.17, 15) is 18.0 Å². The molecule has 2 rings (SSSR count). The highest BCUT2D eigenvalue weighted by Gasteiger charge is 2.35. The average Bonchev–Trinajstić information content (AvgIpc) is 2.65. The second-order valence-corrected chi connectivity index (χ2v) is 7.76. The van der Waals surface area contributed by atoms with Crippen LogP contribution >= 0.6 is 11.8 Å². The van der Waals surface area contributed by atoms with Crippen LogP contribution in [0.15, 0.2) is 47.5 Å². The number of ether oxygens (including phenoxy) is 1. The van der Waals surface area contributed by atoms with Crippen molar-refractivity contribution in [2.75, 3.05) is 26.4 Å². The van der Waals surface area contributed by atoms with Crippen molar-refractivity contribution in [2.45, 2.75) is 11.9 Å². The molecule has 0 saturated heterocycles. The van der Waals surface area contributed by atoms with Gasteiger partial charge in [-0.1, -0.05) is 12.1 Å². The summed E-state index contributed by atoms with van der Waals surface area (Å²) in [6.45, 7) is 0.966. The molecule has 0 aliphatic carbocycles. The summed E-state index contributed by atoms with van der Waals surface area (Å²) >= 11 is 1.77. The number of rotatable bonds is 8. The summed E-state index contributed by atoms with van der Waals surface area (Å²) in [5.41, 5.74) is 9.86. The number of halogens is 3. The monoisotopic (exact) mass is 440 g/mol. The Morgan fingerprint density at radius 1 is 1.13 bits per heavy atom. The van der Waals surface area contributed by atoms with Crippen LogP contribution in [-0.4, -0.2) is 43.2 Å². The summed E-state index contributed by atoms with van der Waals surface area (Å²) in [6.07, 6.45) is -4.73. The third-order valence-corrected chi connectivity index (χ3v) is 4.87. The Kier molecular flexibility index (Phi) is 8.13. The Labute approximate surface area is 177 Å². The second-order valence-electron chi connectivity index (χ2n) is 6.65. The Bertz CT molecular complexity index is 896. The third-order valence-electron chi connectivity index (χ3n) is 3.87. The molecule has 30 heavy (non-hydrogen) atoms. The molecular weight excluding hydrogens is 417 g/mol. The Hall–Kier alpha value is -2.72. The molecule has 4 N–H and O–H groups in total. The zero-order chi connectivity index (χ0) is 22.3. The minimum absolute atomic E-state index is 0.255. The van der Waals surface area contributed by atoms with Crippen LogP contribution in [0.2, 0.25) is 0 Å². The molecule has 0 atom stereocenters. The highest BCUT2D eigenvalue weighted by Crippen LogP contribution is 2.39. The van der Waals surface area contributed by atoms with E-state index in [1.54, 1.807) is 23.9 Å². The predicted molar refractivity (Wildman–Crippen MR) is 113 cm³/mol. The van der Waals surface area contributed by atoms with E-state index in [1.165, 1.54) is 6.07 Å². The van der Waals surface area contributed by atoms with Gasteiger partial charge in [-0.15, -0.1) is 0 Å². The molecule has 2 aromatic carbocycles. The number of amides is 1. The van der Waals surface area contributed by atoms with E-state index < -0.39 is 29.4 Å². The molecule has 0 aliphatic rings. The molecule has 0 fully saturated rings. The number of hydrogen-bond donors (Lipinski definition) is 2. The van der Waals surface area contributed by atoms with Gasteiger partial charge in [-0.2, -0.15) is 29.9 Å². The van der Waals surface area contributed by atoms with Crippen LogP contribution < -0.4 is 16.2 Å². The number of aliphatic imine (C=N–C) groups is 1. The largest absolute Gasteiger partial charge is 0.457 e. The van der Waals surface area contributed by atoms with Crippen molar-refractivity contribution in [3.63, 3.8) is 0 Å². The normalized spacial score (nSPS) is 11.4. The summed E-state index contributed by atoms with van der Waals surface area (Å²) in [4.78, 5) is 17.2. The highest BCUT2D eigenvalue weighted by atomic mass is 32.2. The summed E-state index contributed by atoms with van der Waals surface area (Å²) in [6, 6.07) is 9.75. The van der Waals surface area contributed by atoms with Gasteiger partial charge in [-0.25, -0.2) is 0 Å². The van der Waals surface area contributed by atoms with Crippen LogP contribution in [0.3, 0.4) is 0 Å². The lowest BCUT2D eigenvalue weighted by Crippen LogP contribution is -2.24. The lowest BCUT2D eigenvalue weighted by atomic mass is 10.1. The number of guanidine groups is 1. The van der Waals surface area contributed by atoms with Gasteiger partial charge in [-0.3, -0.25) is 4.79 Å². The number of hydrogen-bond acceptors (Lipinski definition) is 4. The van der Waals surface area contributed by atoms with Crippen LogP contribution in [0.1, 0.15) is 21.5 Å². The molecule has 0 aliphatic heterocycles. The fraction of sp³-hybridized carbons (Fsp3) is 0.300. The van der Waals surface area contributed by atoms with Crippen LogP contribution in [-0.2, 0) is 11.9 Å². The van der Waals surface area contributed by atoms with E-state index in [0.29, 0.717) is 6.07 Å². The quantitative estimate of drug-likeness (QED) is 0.369. The Morgan fingerprint density at radius 2 is 1.80 bits per heavy atom.